The maximum absolute atomic E-state index is 11.4. The van der Waals surface area contributed by atoms with Gasteiger partial charge < -0.3 is 5.73 Å². The number of nitriles is 1. The number of hydrogen-bond donors (Lipinski definition) is 2. The van der Waals surface area contributed by atoms with Crippen LogP contribution in [0, 0.1) is 11.3 Å². The highest BCUT2D eigenvalue weighted by atomic mass is 79.9. The molecule has 0 amide bonds. The quantitative estimate of drug-likeness (QED) is 0.798. The zero-order valence-corrected chi connectivity index (χ0v) is 11.9. The fourth-order valence-electron chi connectivity index (χ4n) is 0.967. The summed E-state index contributed by atoms with van der Waals surface area (Å²) < 4.78 is 26.1. The lowest BCUT2D eigenvalue weighted by molar-refractivity contribution is 0.604. The number of benzene rings is 1. The van der Waals surface area contributed by atoms with Gasteiger partial charge in [-0.3, -0.25) is 4.72 Å². The standard InChI is InChI=1S/C8H7Br2N3O2S/c9-6-3-5(12)4-7(10)8(6)13-16(14,15)2-1-11/h3-4,13H,2,12H2. The van der Waals surface area contributed by atoms with Crippen LogP contribution in [0.25, 0.3) is 0 Å². The lowest BCUT2D eigenvalue weighted by Crippen LogP contribution is -2.16. The summed E-state index contributed by atoms with van der Waals surface area (Å²) in [5.74, 6) is -0.601. The van der Waals surface area contributed by atoms with Gasteiger partial charge in [0.05, 0.1) is 11.8 Å². The largest absolute Gasteiger partial charge is 0.399 e. The Morgan fingerprint density at radius 3 is 2.31 bits per heavy atom. The minimum Gasteiger partial charge on any atom is -0.399 e. The predicted molar refractivity (Wildman–Crippen MR) is 69.3 cm³/mol. The molecule has 8 heteroatoms. The lowest BCUT2D eigenvalue weighted by atomic mass is 10.3. The molecular weight excluding hydrogens is 362 g/mol. The third kappa shape index (κ3) is 3.37. The average molecular weight is 369 g/mol. The number of nitrogens with one attached hydrogen (secondary N) is 1. The van der Waals surface area contributed by atoms with Gasteiger partial charge >= 0.3 is 0 Å². The van der Waals surface area contributed by atoms with Gasteiger partial charge in [-0.1, -0.05) is 0 Å². The van der Waals surface area contributed by atoms with Crippen molar-refractivity contribution < 1.29 is 8.42 Å². The molecule has 0 aliphatic carbocycles. The molecule has 16 heavy (non-hydrogen) atoms. The van der Waals surface area contributed by atoms with Crippen LogP contribution in [0.5, 0.6) is 0 Å². The summed E-state index contributed by atoms with van der Waals surface area (Å²) in [5.41, 5.74) is 6.37. The van der Waals surface area contributed by atoms with Crippen molar-refractivity contribution >= 4 is 53.3 Å². The molecule has 0 aliphatic heterocycles. The van der Waals surface area contributed by atoms with E-state index in [2.05, 4.69) is 36.6 Å². The molecule has 1 rings (SSSR count). The molecule has 0 saturated carbocycles. The van der Waals surface area contributed by atoms with Gasteiger partial charge in [-0.15, -0.1) is 0 Å². The number of nitrogen functional groups attached to an aromatic ring is 1. The second-order valence-corrected chi connectivity index (χ2v) is 6.31. The molecule has 0 fully saturated rings. The van der Waals surface area contributed by atoms with E-state index < -0.39 is 15.8 Å². The molecule has 0 atom stereocenters. The van der Waals surface area contributed by atoms with Crippen molar-refractivity contribution in [2.75, 3.05) is 16.2 Å². The summed E-state index contributed by atoms with van der Waals surface area (Å²) in [6.07, 6.45) is 0. The van der Waals surface area contributed by atoms with Crippen LogP contribution >= 0.6 is 31.9 Å². The van der Waals surface area contributed by atoms with E-state index in [1.807, 2.05) is 0 Å². The molecular formula is C8H7Br2N3O2S. The van der Waals surface area contributed by atoms with Gasteiger partial charge in [-0.25, -0.2) is 8.42 Å². The van der Waals surface area contributed by atoms with Gasteiger partial charge in [-0.2, -0.15) is 5.26 Å². The van der Waals surface area contributed by atoms with Crippen molar-refractivity contribution in [2.24, 2.45) is 0 Å². The topological polar surface area (TPSA) is 96.0 Å². The van der Waals surface area contributed by atoms with Gasteiger partial charge in [0.1, 0.15) is 0 Å². The van der Waals surface area contributed by atoms with Crippen LogP contribution in [-0.2, 0) is 10.0 Å². The van der Waals surface area contributed by atoms with Crippen molar-refractivity contribution in [3.05, 3.63) is 21.1 Å². The highest BCUT2D eigenvalue weighted by Gasteiger charge is 2.14. The molecule has 0 heterocycles. The van der Waals surface area contributed by atoms with Crippen LogP contribution in [0.15, 0.2) is 21.1 Å². The van der Waals surface area contributed by atoms with Gasteiger partial charge in [0.25, 0.3) is 0 Å². The van der Waals surface area contributed by atoms with E-state index in [9.17, 15) is 8.42 Å². The summed E-state index contributed by atoms with van der Waals surface area (Å²) in [6, 6.07) is 4.70. The van der Waals surface area contributed by atoms with Crippen molar-refractivity contribution in [3.8, 4) is 6.07 Å². The first-order valence-electron chi connectivity index (χ1n) is 3.97. The van der Waals surface area contributed by atoms with Crippen LogP contribution in [0.2, 0.25) is 0 Å². The number of halogens is 2. The number of sulfonamides is 1. The molecule has 1 aromatic rings. The van der Waals surface area contributed by atoms with Crippen LogP contribution in [0.3, 0.4) is 0 Å². The second kappa shape index (κ2) is 5.03. The third-order valence-corrected chi connectivity index (χ3v) is 3.85. The molecule has 86 valence electrons. The van der Waals surface area contributed by atoms with Gasteiger partial charge in [0.15, 0.2) is 5.75 Å². The van der Waals surface area contributed by atoms with Crippen molar-refractivity contribution in [3.63, 3.8) is 0 Å². The Kier molecular flexibility index (Phi) is 4.18. The molecule has 0 saturated heterocycles. The second-order valence-electron chi connectivity index (χ2n) is 2.88. The van der Waals surface area contributed by atoms with Gasteiger partial charge in [-0.05, 0) is 44.0 Å². The predicted octanol–water partition coefficient (Wildman–Crippen LogP) is 2.06. The lowest BCUT2D eigenvalue weighted by Gasteiger charge is -2.10. The smallest absolute Gasteiger partial charge is 0.246 e. The Bertz CT molecular complexity index is 528. The third-order valence-electron chi connectivity index (χ3n) is 1.58. The first-order valence-corrected chi connectivity index (χ1v) is 7.21. The average Bonchev–Trinajstić information content (AvgIpc) is 2.11. The SMILES string of the molecule is N#CCS(=O)(=O)Nc1c(Br)cc(N)cc1Br. The summed E-state index contributed by atoms with van der Waals surface area (Å²) in [7, 11) is -3.65. The monoisotopic (exact) mass is 367 g/mol. The zero-order valence-electron chi connectivity index (χ0n) is 7.87. The summed E-state index contributed by atoms with van der Waals surface area (Å²) in [6.45, 7) is 0. The van der Waals surface area contributed by atoms with Crippen LogP contribution in [-0.4, -0.2) is 14.2 Å². The van der Waals surface area contributed by atoms with E-state index in [0.29, 0.717) is 20.3 Å². The Balaban J connectivity index is 3.13. The highest BCUT2D eigenvalue weighted by Crippen LogP contribution is 2.34. The summed E-state index contributed by atoms with van der Waals surface area (Å²) >= 11 is 6.36. The van der Waals surface area contributed by atoms with E-state index in [1.54, 1.807) is 18.2 Å². The van der Waals surface area contributed by atoms with Crippen molar-refractivity contribution in [2.45, 2.75) is 0 Å². The van der Waals surface area contributed by atoms with Crippen LogP contribution < -0.4 is 10.5 Å². The molecule has 0 aliphatic rings. The Morgan fingerprint density at radius 2 is 1.88 bits per heavy atom. The summed E-state index contributed by atoms with van der Waals surface area (Å²) in [4.78, 5) is 0. The molecule has 3 N–H and O–H groups in total. The van der Waals surface area contributed by atoms with E-state index in [1.165, 1.54) is 0 Å². The first-order chi connectivity index (χ1) is 7.35. The molecule has 0 unspecified atom stereocenters. The first kappa shape index (κ1) is 13.3. The molecule has 5 nitrogen and oxygen atoms in total. The molecule has 0 spiro atoms. The van der Waals surface area contributed by atoms with Crippen molar-refractivity contribution in [1.82, 2.24) is 0 Å². The van der Waals surface area contributed by atoms with Crippen LogP contribution in [0.1, 0.15) is 0 Å². The van der Waals surface area contributed by atoms with Crippen molar-refractivity contribution in [1.29, 1.82) is 5.26 Å². The van der Waals surface area contributed by atoms with E-state index in [-0.39, 0.29) is 0 Å². The number of nitrogens with two attached hydrogens (primary N) is 1. The molecule has 1 aromatic carbocycles. The van der Waals surface area contributed by atoms with E-state index in [4.69, 9.17) is 11.0 Å². The van der Waals surface area contributed by atoms with Gasteiger partial charge in [0.2, 0.25) is 10.0 Å². The van der Waals surface area contributed by atoms with Crippen LogP contribution in [0.4, 0.5) is 11.4 Å². The highest BCUT2D eigenvalue weighted by molar-refractivity contribution is 9.11. The molecule has 0 aromatic heterocycles. The summed E-state index contributed by atoms with van der Waals surface area (Å²) in [5, 5.41) is 8.35. The Labute approximate surface area is 110 Å². The fraction of sp³-hybridized carbons (Fsp3) is 0.125. The number of nitrogens with zero attached hydrogens (tertiary/aromatic N) is 1. The fourth-order valence-corrected chi connectivity index (χ4v) is 3.42. The van der Waals surface area contributed by atoms with E-state index >= 15 is 0 Å². The Morgan fingerprint density at radius 1 is 1.38 bits per heavy atom. The minimum atomic E-state index is -3.65. The van der Waals surface area contributed by atoms with Gasteiger partial charge in [0, 0.05) is 14.6 Å². The molecule has 0 bridgehead atoms. The number of hydrogen-bond acceptors (Lipinski definition) is 4. The zero-order chi connectivity index (χ0) is 12.3. The van der Waals surface area contributed by atoms with E-state index in [0.717, 1.165) is 0 Å². The number of rotatable bonds is 3. The maximum atomic E-state index is 11.4. The normalized spacial score (nSPS) is 10.8. The minimum absolute atomic E-state index is 0.324. The maximum Gasteiger partial charge on any atom is 0.246 e. The molecule has 0 radical (unpaired) electrons. The number of anilines is 2. The Hall–Kier alpha value is -0.780.